The van der Waals surface area contributed by atoms with Crippen LogP contribution in [0.5, 0.6) is 0 Å². The molecule has 13 heavy (non-hydrogen) atoms. The van der Waals surface area contributed by atoms with Crippen molar-refractivity contribution >= 4 is 0 Å². The van der Waals surface area contributed by atoms with Gasteiger partial charge in [-0.05, 0) is 51.1 Å². The van der Waals surface area contributed by atoms with Crippen LogP contribution in [-0.2, 0) is 0 Å². The largest absolute Gasteiger partial charge is 0.330 e. The normalized spacial score (nSPS) is 40.6. The molecule has 0 spiro atoms. The summed E-state index contributed by atoms with van der Waals surface area (Å²) >= 11 is 0. The zero-order valence-electron chi connectivity index (χ0n) is 8.71. The zero-order chi connectivity index (χ0) is 9.26. The minimum Gasteiger partial charge on any atom is -0.330 e. The molecule has 0 amide bonds. The molecule has 2 N–H and O–H groups in total. The maximum Gasteiger partial charge on any atom is 0.0139 e. The van der Waals surface area contributed by atoms with Gasteiger partial charge in [0.25, 0.3) is 0 Å². The third-order valence-corrected chi connectivity index (χ3v) is 4.00. The molecule has 1 aliphatic heterocycles. The fraction of sp³-hybridized carbons (Fsp3) is 1.00. The van der Waals surface area contributed by atoms with Crippen LogP contribution in [0.2, 0.25) is 0 Å². The molecule has 0 aromatic carbocycles. The average molecular weight is 182 g/mol. The highest BCUT2D eigenvalue weighted by atomic mass is 15.2. The highest BCUT2D eigenvalue weighted by Crippen LogP contribution is 2.36. The smallest absolute Gasteiger partial charge is 0.0139 e. The van der Waals surface area contributed by atoms with E-state index in [0.717, 1.165) is 24.5 Å². The van der Waals surface area contributed by atoms with Crippen LogP contribution in [0.15, 0.2) is 0 Å². The van der Waals surface area contributed by atoms with Gasteiger partial charge in [0.15, 0.2) is 0 Å². The maximum absolute atomic E-state index is 5.75. The Labute approximate surface area is 81.5 Å². The predicted octanol–water partition coefficient (Wildman–Crippen LogP) is 1.60. The van der Waals surface area contributed by atoms with E-state index in [-0.39, 0.29) is 0 Å². The molecule has 3 unspecified atom stereocenters. The Morgan fingerprint density at radius 2 is 2.15 bits per heavy atom. The summed E-state index contributed by atoms with van der Waals surface area (Å²) in [4.78, 5) is 2.74. The first-order chi connectivity index (χ1) is 6.36. The van der Waals surface area contributed by atoms with Crippen molar-refractivity contribution in [3.63, 3.8) is 0 Å². The summed E-state index contributed by atoms with van der Waals surface area (Å²) in [5.41, 5.74) is 5.75. The number of rotatable bonds is 3. The molecule has 2 nitrogen and oxygen atoms in total. The molecule has 0 radical (unpaired) electrons. The molecular weight excluding hydrogens is 160 g/mol. The highest BCUT2D eigenvalue weighted by molar-refractivity contribution is 4.94. The van der Waals surface area contributed by atoms with Gasteiger partial charge in [0.2, 0.25) is 0 Å². The van der Waals surface area contributed by atoms with Crippen molar-refractivity contribution < 1.29 is 0 Å². The molecule has 2 fully saturated rings. The lowest BCUT2D eigenvalue weighted by Gasteiger charge is -2.44. The van der Waals surface area contributed by atoms with Gasteiger partial charge in [-0.3, -0.25) is 4.90 Å². The van der Waals surface area contributed by atoms with Crippen molar-refractivity contribution in [2.75, 3.05) is 13.1 Å². The van der Waals surface area contributed by atoms with Crippen LogP contribution >= 0.6 is 0 Å². The van der Waals surface area contributed by atoms with Gasteiger partial charge < -0.3 is 5.73 Å². The van der Waals surface area contributed by atoms with Gasteiger partial charge in [0, 0.05) is 12.1 Å². The fourth-order valence-electron chi connectivity index (χ4n) is 3.00. The summed E-state index contributed by atoms with van der Waals surface area (Å²) in [7, 11) is 0. The molecule has 0 bridgehead atoms. The van der Waals surface area contributed by atoms with Gasteiger partial charge in [-0.15, -0.1) is 0 Å². The Hall–Kier alpha value is -0.0800. The highest BCUT2D eigenvalue weighted by Gasteiger charge is 2.38. The van der Waals surface area contributed by atoms with E-state index in [4.69, 9.17) is 5.73 Å². The first kappa shape index (κ1) is 9.47. The van der Waals surface area contributed by atoms with Gasteiger partial charge in [0.1, 0.15) is 0 Å². The van der Waals surface area contributed by atoms with Crippen LogP contribution in [0, 0.1) is 5.92 Å². The number of likely N-dealkylation sites (tertiary alicyclic amines) is 1. The number of nitrogens with zero attached hydrogens (tertiary/aromatic N) is 1. The van der Waals surface area contributed by atoms with Crippen LogP contribution in [0.3, 0.4) is 0 Å². The molecule has 3 atom stereocenters. The minimum absolute atomic E-state index is 0.812. The second-order valence-electron chi connectivity index (χ2n) is 4.58. The summed E-state index contributed by atoms with van der Waals surface area (Å²) < 4.78 is 0. The van der Waals surface area contributed by atoms with E-state index >= 15 is 0 Å². The zero-order valence-corrected chi connectivity index (χ0v) is 8.71. The van der Waals surface area contributed by atoms with E-state index in [1.54, 1.807) is 0 Å². The Morgan fingerprint density at radius 1 is 1.31 bits per heavy atom. The van der Waals surface area contributed by atoms with E-state index in [0.29, 0.717) is 0 Å². The molecular formula is C11H22N2. The monoisotopic (exact) mass is 182 g/mol. The van der Waals surface area contributed by atoms with Crippen molar-refractivity contribution in [3.05, 3.63) is 0 Å². The van der Waals surface area contributed by atoms with E-state index in [2.05, 4.69) is 11.8 Å². The van der Waals surface area contributed by atoms with Gasteiger partial charge in [-0.25, -0.2) is 0 Å². The third-order valence-electron chi connectivity index (χ3n) is 4.00. The van der Waals surface area contributed by atoms with Crippen LogP contribution < -0.4 is 5.73 Å². The first-order valence-electron chi connectivity index (χ1n) is 5.82. The lowest BCUT2D eigenvalue weighted by atomic mass is 9.78. The molecule has 1 saturated carbocycles. The van der Waals surface area contributed by atoms with Gasteiger partial charge in [-0.1, -0.05) is 6.92 Å². The summed E-state index contributed by atoms with van der Waals surface area (Å²) in [5, 5.41) is 0. The first-order valence-corrected chi connectivity index (χ1v) is 5.82. The quantitative estimate of drug-likeness (QED) is 0.718. The average Bonchev–Trinajstić information content (AvgIpc) is 2.51. The lowest BCUT2D eigenvalue weighted by Crippen LogP contribution is -2.51. The molecule has 2 heteroatoms. The van der Waals surface area contributed by atoms with Crippen LogP contribution in [0.1, 0.15) is 39.0 Å². The Kier molecular flexibility index (Phi) is 2.89. The lowest BCUT2D eigenvalue weighted by molar-refractivity contribution is 0.0550. The standard InChI is InChI=1S/C11H22N2/c1-2-10-4-3-7-13(10)11-6-5-9(11)8-12/h9-11H,2-8,12H2,1H3. The Balaban J connectivity index is 1.92. The SMILES string of the molecule is CCC1CCCN1C1CCC1CN. The minimum atomic E-state index is 0.812. The molecule has 1 aliphatic carbocycles. The van der Waals surface area contributed by atoms with Crippen LogP contribution in [0.25, 0.3) is 0 Å². The predicted molar refractivity (Wildman–Crippen MR) is 55.6 cm³/mol. The van der Waals surface area contributed by atoms with Crippen molar-refractivity contribution in [1.82, 2.24) is 4.90 Å². The van der Waals surface area contributed by atoms with Crippen molar-refractivity contribution in [2.45, 2.75) is 51.1 Å². The topological polar surface area (TPSA) is 29.3 Å². The van der Waals surface area contributed by atoms with Crippen LogP contribution in [-0.4, -0.2) is 30.1 Å². The number of hydrogen-bond donors (Lipinski definition) is 1. The van der Waals surface area contributed by atoms with Gasteiger partial charge >= 0.3 is 0 Å². The molecule has 2 aliphatic rings. The molecule has 1 heterocycles. The second kappa shape index (κ2) is 3.97. The van der Waals surface area contributed by atoms with Crippen LogP contribution in [0.4, 0.5) is 0 Å². The summed E-state index contributed by atoms with van der Waals surface area (Å²) in [6.07, 6.45) is 6.93. The van der Waals surface area contributed by atoms with E-state index in [1.165, 1.54) is 38.6 Å². The summed E-state index contributed by atoms with van der Waals surface area (Å²) in [5.74, 6) is 0.812. The molecule has 0 aromatic rings. The van der Waals surface area contributed by atoms with Gasteiger partial charge in [-0.2, -0.15) is 0 Å². The van der Waals surface area contributed by atoms with E-state index in [9.17, 15) is 0 Å². The van der Waals surface area contributed by atoms with E-state index < -0.39 is 0 Å². The summed E-state index contributed by atoms with van der Waals surface area (Å²) in [6, 6.07) is 1.72. The number of hydrogen-bond acceptors (Lipinski definition) is 2. The molecule has 1 saturated heterocycles. The van der Waals surface area contributed by atoms with Crippen molar-refractivity contribution in [2.24, 2.45) is 11.7 Å². The van der Waals surface area contributed by atoms with Crippen molar-refractivity contribution in [1.29, 1.82) is 0 Å². The molecule has 0 aromatic heterocycles. The fourth-order valence-corrected chi connectivity index (χ4v) is 3.00. The molecule has 2 rings (SSSR count). The third kappa shape index (κ3) is 1.62. The van der Waals surface area contributed by atoms with Gasteiger partial charge in [0.05, 0.1) is 0 Å². The maximum atomic E-state index is 5.75. The summed E-state index contributed by atoms with van der Waals surface area (Å²) in [6.45, 7) is 4.55. The van der Waals surface area contributed by atoms with Crippen molar-refractivity contribution in [3.8, 4) is 0 Å². The van der Waals surface area contributed by atoms with E-state index in [1.807, 2.05) is 0 Å². The Bertz CT molecular complexity index is 167. The molecule has 76 valence electrons. The number of nitrogens with two attached hydrogens (primary N) is 1. The Morgan fingerprint density at radius 3 is 2.69 bits per heavy atom. The second-order valence-corrected chi connectivity index (χ2v) is 4.58.